The van der Waals surface area contributed by atoms with Gasteiger partial charge < -0.3 is 15.4 Å². The molecule has 0 atom stereocenters. The first-order valence-electron chi connectivity index (χ1n) is 11.7. The van der Waals surface area contributed by atoms with E-state index in [0.717, 1.165) is 48.4 Å². The molecule has 0 aliphatic heterocycles. The minimum absolute atomic E-state index is 0.130. The smallest absolute Gasteiger partial charge is 0.251 e. The number of carbonyl (C=O) groups excluding carboxylic acids is 1. The molecule has 0 saturated carbocycles. The van der Waals surface area contributed by atoms with Crippen molar-refractivity contribution in [2.24, 2.45) is 0 Å². The van der Waals surface area contributed by atoms with Gasteiger partial charge in [-0.05, 0) is 42.7 Å². The number of carbonyl (C=O) groups is 1. The van der Waals surface area contributed by atoms with E-state index in [1.54, 1.807) is 23.0 Å². The number of anilines is 1. The summed E-state index contributed by atoms with van der Waals surface area (Å²) in [6, 6.07) is 17.5. The molecule has 176 valence electrons. The second kappa shape index (κ2) is 11.8. The molecule has 0 aliphatic rings. The number of rotatable bonds is 12. The number of amides is 1. The zero-order chi connectivity index (χ0) is 23.6. The van der Waals surface area contributed by atoms with Crippen molar-refractivity contribution in [2.75, 3.05) is 25.0 Å². The first-order valence-corrected chi connectivity index (χ1v) is 11.7. The van der Waals surface area contributed by atoms with Gasteiger partial charge in [-0.25, -0.2) is 14.6 Å². The molecule has 2 N–H and O–H groups in total. The highest BCUT2D eigenvalue weighted by Gasteiger charge is 2.11. The highest BCUT2D eigenvalue weighted by Crippen LogP contribution is 2.18. The molecule has 0 spiro atoms. The maximum atomic E-state index is 12.5. The van der Waals surface area contributed by atoms with Gasteiger partial charge in [0.05, 0.1) is 24.7 Å². The normalized spacial score (nSPS) is 10.9. The van der Waals surface area contributed by atoms with Crippen molar-refractivity contribution >= 4 is 22.8 Å². The average molecular weight is 459 g/mol. The first-order chi connectivity index (χ1) is 16.7. The number of fused-ring (bicyclic) bond motifs is 1. The summed E-state index contributed by atoms with van der Waals surface area (Å²) in [6.07, 6.45) is 6.30. The second-order valence-electron chi connectivity index (χ2n) is 7.97. The van der Waals surface area contributed by atoms with E-state index in [4.69, 9.17) is 4.74 Å². The quantitative estimate of drug-likeness (QED) is 0.311. The van der Waals surface area contributed by atoms with Crippen molar-refractivity contribution in [2.45, 2.75) is 32.7 Å². The maximum absolute atomic E-state index is 12.5. The SMILES string of the molecule is CCCCOc1ccc(C(=O)NCCn2ncc3c(NCCc4ccccc4)ncnc32)cc1. The predicted molar refractivity (Wildman–Crippen MR) is 133 cm³/mol. The Balaban J connectivity index is 1.29. The minimum Gasteiger partial charge on any atom is -0.494 e. The Kier molecular flexibility index (Phi) is 8.05. The van der Waals surface area contributed by atoms with E-state index in [-0.39, 0.29) is 5.91 Å². The van der Waals surface area contributed by atoms with Gasteiger partial charge in [-0.1, -0.05) is 43.7 Å². The van der Waals surface area contributed by atoms with Gasteiger partial charge in [0.15, 0.2) is 5.65 Å². The van der Waals surface area contributed by atoms with Gasteiger partial charge in [0, 0.05) is 18.7 Å². The maximum Gasteiger partial charge on any atom is 0.251 e. The average Bonchev–Trinajstić information content (AvgIpc) is 3.29. The van der Waals surface area contributed by atoms with Crippen LogP contribution in [0.2, 0.25) is 0 Å². The Morgan fingerprint density at radius 2 is 1.85 bits per heavy atom. The van der Waals surface area contributed by atoms with Crippen molar-refractivity contribution in [3.8, 4) is 5.75 Å². The van der Waals surface area contributed by atoms with E-state index in [1.165, 1.54) is 11.9 Å². The molecule has 1 amide bonds. The van der Waals surface area contributed by atoms with Crippen molar-refractivity contribution in [3.63, 3.8) is 0 Å². The van der Waals surface area contributed by atoms with Gasteiger partial charge in [-0.2, -0.15) is 5.10 Å². The molecular weight excluding hydrogens is 428 g/mol. The van der Waals surface area contributed by atoms with Crippen molar-refractivity contribution in [3.05, 3.63) is 78.2 Å². The van der Waals surface area contributed by atoms with Crippen LogP contribution in [0, 0.1) is 0 Å². The van der Waals surface area contributed by atoms with Crippen LogP contribution in [0.4, 0.5) is 5.82 Å². The van der Waals surface area contributed by atoms with E-state index < -0.39 is 0 Å². The summed E-state index contributed by atoms with van der Waals surface area (Å²) in [5.41, 5.74) is 2.60. The van der Waals surface area contributed by atoms with Gasteiger partial charge in [0.2, 0.25) is 0 Å². The molecule has 0 saturated heterocycles. The van der Waals surface area contributed by atoms with E-state index in [2.05, 4.69) is 44.8 Å². The number of benzene rings is 2. The van der Waals surface area contributed by atoms with E-state index in [9.17, 15) is 4.79 Å². The molecule has 34 heavy (non-hydrogen) atoms. The van der Waals surface area contributed by atoms with E-state index in [0.29, 0.717) is 25.3 Å². The summed E-state index contributed by atoms with van der Waals surface area (Å²) in [5.74, 6) is 1.41. The summed E-state index contributed by atoms with van der Waals surface area (Å²) in [4.78, 5) is 21.2. The number of nitrogens with zero attached hydrogens (tertiary/aromatic N) is 4. The molecule has 8 nitrogen and oxygen atoms in total. The summed E-state index contributed by atoms with van der Waals surface area (Å²) >= 11 is 0. The molecular formula is C26H30N6O2. The minimum atomic E-state index is -0.130. The third kappa shape index (κ3) is 6.10. The zero-order valence-electron chi connectivity index (χ0n) is 19.4. The standard InChI is InChI=1S/C26H30N6O2/c1-2-3-17-34-22-11-9-21(10-12-22)26(33)28-15-16-32-25-23(18-31-32)24(29-19-30-25)27-14-13-20-7-5-4-6-8-20/h4-12,18-19H,2-3,13-17H2,1H3,(H,28,33)(H,27,29,30). The highest BCUT2D eigenvalue weighted by atomic mass is 16.5. The van der Waals surface area contributed by atoms with E-state index in [1.807, 2.05) is 30.3 Å². The monoisotopic (exact) mass is 458 g/mol. The van der Waals surface area contributed by atoms with Crippen LogP contribution < -0.4 is 15.4 Å². The highest BCUT2D eigenvalue weighted by molar-refractivity contribution is 5.94. The van der Waals surface area contributed by atoms with Gasteiger partial charge >= 0.3 is 0 Å². The van der Waals surface area contributed by atoms with Crippen LogP contribution in [-0.4, -0.2) is 45.4 Å². The van der Waals surface area contributed by atoms with Crippen LogP contribution in [0.25, 0.3) is 11.0 Å². The Hall–Kier alpha value is -3.94. The van der Waals surface area contributed by atoms with Crippen molar-refractivity contribution < 1.29 is 9.53 Å². The van der Waals surface area contributed by atoms with Crippen LogP contribution in [-0.2, 0) is 13.0 Å². The molecule has 4 aromatic rings. The number of hydrogen-bond acceptors (Lipinski definition) is 6. The molecule has 4 rings (SSSR count). The summed E-state index contributed by atoms with van der Waals surface area (Å²) in [7, 11) is 0. The fourth-order valence-corrected chi connectivity index (χ4v) is 3.58. The molecule has 0 bridgehead atoms. The number of ether oxygens (including phenoxy) is 1. The Labute approximate surface area is 199 Å². The molecule has 2 heterocycles. The Morgan fingerprint density at radius 1 is 1.03 bits per heavy atom. The fraction of sp³-hybridized carbons (Fsp3) is 0.308. The Bertz CT molecular complexity index is 1190. The molecule has 0 fully saturated rings. The van der Waals surface area contributed by atoms with Crippen LogP contribution in [0.3, 0.4) is 0 Å². The predicted octanol–water partition coefficient (Wildman–Crippen LogP) is 4.09. The first kappa shape index (κ1) is 23.2. The lowest BCUT2D eigenvalue weighted by atomic mass is 10.1. The Morgan fingerprint density at radius 3 is 2.65 bits per heavy atom. The molecule has 0 aliphatic carbocycles. The molecule has 2 aromatic carbocycles. The lowest BCUT2D eigenvalue weighted by Crippen LogP contribution is -2.27. The van der Waals surface area contributed by atoms with Crippen LogP contribution in [0.5, 0.6) is 5.75 Å². The van der Waals surface area contributed by atoms with E-state index >= 15 is 0 Å². The van der Waals surface area contributed by atoms with Gasteiger partial charge in [-0.15, -0.1) is 0 Å². The molecule has 8 heteroatoms. The lowest BCUT2D eigenvalue weighted by Gasteiger charge is -2.09. The number of nitrogens with one attached hydrogen (secondary N) is 2. The van der Waals surface area contributed by atoms with Crippen molar-refractivity contribution in [1.82, 2.24) is 25.1 Å². The summed E-state index contributed by atoms with van der Waals surface area (Å²) in [5, 5.41) is 11.6. The van der Waals surface area contributed by atoms with Crippen LogP contribution >= 0.6 is 0 Å². The topological polar surface area (TPSA) is 94.0 Å². The summed E-state index contributed by atoms with van der Waals surface area (Å²) < 4.78 is 7.43. The molecule has 0 unspecified atom stereocenters. The van der Waals surface area contributed by atoms with Gasteiger partial charge in [-0.3, -0.25) is 4.79 Å². The third-order valence-electron chi connectivity index (χ3n) is 5.47. The molecule has 2 aromatic heterocycles. The lowest BCUT2D eigenvalue weighted by molar-refractivity contribution is 0.0952. The largest absolute Gasteiger partial charge is 0.494 e. The van der Waals surface area contributed by atoms with Crippen LogP contribution in [0.15, 0.2) is 67.1 Å². The summed E-state index contributed by atoms with van der Waals surface area (Å²) in [6.45, 7) is 4.52. The number of unbranched alkanes of at least 4 members (excludes halogenated alkanes) is 1. The van der Waals surface area contributed by atoms with Gasteiger partial charge in [0.1, 0.15) is 17.9 Å². The second-order valence-corrected chi connectivity index (χ2v) is 7.97. The zero-order valence-corrected chi connectivity index (χ0v) is 19.4. The fourth-order valence-electron chi connectivity index (χ4n) is 3.58. The number of hydrogen-bond donors (Lipinski definition) is 2. The number of aromatic nitrogens is 4. The van der Waals surface area contributed by atoms with Crippen LogP contribution in [0.1, 0.15) is 35.7 Å². The third-order valence-corrected chi connectivity index (χ3v) is 5.47. The van der Waals surface area contributed by atoms with Gasteiger partial charge in [0.25, 0.3) is 5.91 Å². The molecule has 0 radical (unpaired) electrons. The van der Waals surface area contributed by atoms with Crippen molar-refractivity contribution in [1.29, 1.82) is 0 Å².